The number of aliphatic hydroxyl groups excluding tert-OH is 2. The molecular formula is C63H109NO3. The van der Waals surface area contributed by atoms with Crippen LogP contribution in [-0.2, 0) is 4.79 Å². The summed E-state index contributed by atoms with van der Waals surface area (Å²) < 4.78 is 0. The minimum absolute atomic E-state index is 0.0748. The van der Waals surface area contributed by atoms with E-state index in [1.165, 1.54) is 167 Å². The quantitative estimate of drug-likeness (QED) is 0.0420. The molecule has 0 radical (unpaired) electrons. The van der Waals surface area contributed by atoms with Crippen molar-refractivity contribution in [2.45, 2.75) is 276 Å². The summed E-state index contributed by atoms with van der Waals surface area (Å²) in [6.07, 6.45) is 86.9. The lowest BCUT2D eigenvalue weighted by molar-refractivity contribution is -0.123. The molecule has 0 spiro atoms. The van der Waals surface area contributed by atoms with Gasteiger partial charge < -0.3 is 15.5 Å². The Hall–Kier alpha value is -2.95. The largest absolute Gasteiger partial charge is 0.394 e. The number of aliphatic hydroxyl groups is 2. The van der Waals surface area contributed by atoms with Gasteiger partial charge in [0, 0.05) is 6.42 Å². The first-order chi connectivity index (χ1) is 33.2. The molecule has 0 aliphatic carbocycles. The maximum atomic E-state index is 12.4. The molecule has 0 aromatic rings. The molecule has 0 fully saturated rings. The summed E-state index contributed by atoms with van der Waals surface area (Å²) in [4.78, 5) is 12.4. The molecule has 0 saturated carbocycles. The molecule has 0 aromatic heterocycles. The van der Waals surface area contributed by atoms with Crippen molar-refractivity contribution in [1.82, 2.24) is 5.32 Å². The standard InChI is InChI=1S/C63H109NO3/c1-3-5-7-9-11-13-15-17-19-20-21-22-23-24-25-26-27-28-29-30-31-32-33-34-35-36-37-38-39-40-41-42-43-44-45-47-49-51-53-55-57-59-63(67)64-61(60-65)62(66)58-56-54-52-50-48-46-18-16-14-12-10-8-6-4-2/h5,7,11,13,17,19,21-22,24-25,27-28,30-31,48,50,56,58,61-62,65-66H,3-4,6,8-10,12,14-16,18,20,23,26,29,32-47,49,51-55,57,59-60H2,1-2H3,(H,64,67)/b7-5-,13-11-,19-17-,22-21-,25-24-,28-27-,31-30-,50-48+,58-56+. The van der Waals surface area contributed by atoms with E-state index in [0.717, 1.165) is 77.0 Å². The van der Waals surface area contributed by atoms with Crippen LogP contribution in [0.1, 0.15) is 264 Å². The first-order valence-electron chi connectivity index (χ1n) is 28.6. The van der Waals surface area contributed by atoms with Crippen molar-refractivity contribution < 1.29 is 15.0 Å². The maximum absolute atomic E-state index is 12.4. The topological polar surface area (TPSA) is 69.6 Å². The summed E-state index contributed by atoms with van der Waals surface area (Å²) in [6.45, 7) is 4.17. The minimum atomic E-state index is -0.865. The summed E-state index contributed by atoms with van der Waals surface area (Å²) in [5, 5.41) is 23.1. The SMILES string of the molecule is CC/C=C\C/C=C\C/C=C\C/C=C\C/C=C\C/C=C\C/C=C\CCCCCCCCCCCCCCCCCCCCCC(=O)NC(CO)C(O)/C=C/CC/C=C/CCCCCCCCCC. The van der Waals surface area contributed by atoms with E-state index in [1.807, 2.05) is 6.08 Å². The lowest BCUT2D eigenvalue weighted by atomic mass is 10.0. The van der Waals surface area contributed by atoms with Gasteiger partial charge >= 0.3 is 0 Å². The number of unbranched alkanes of at least 4 members (excludes halogenated alkanes) is 28. The molecule has 384 valence electrons. The molecule has 0 heterocycles. The van der Waals surface area contributed by atoms with E-state index in [1.54, 1.807) is 6.08 Å². The van der Waals surface area contributed by atoms with Gasteiger partial charge in [0.15, 0.2) is 0 Å². The van der Waals surface area contributed by atoms with Crippen molar-refractivity contribution in [3.63, 3.8) is 0 Å². The van der Waals surface area contributed by atoms with Crippen LogP contribution in [0.25, 0.3) is 0 Å². The second-order valence-electron chi connectivity index (χ2n) is 19.0. The Kier molecular flexibility index (Phi) is 54.8. The minimum Gasteiger partial charge on any atom is -0.394 e. The monoisotopic (exact) mass is 928 g/mol. The third-order valence-electron chi connectivity index (χ3n) is 12.5. The molecule has 0 saturated heterocycles. The lowest BCUT2D eigenvalue weighted by Gasteiger charge is -2.19. The first-order valence-corrected chi connectivity index (χ1v) is 28.6. The Morgan fingerprint density at radius 1 is 0.373 bits per heavy atom. The van der Waals surface area contributed by atoms with Gasteiger partial charge in [-0.25, -0.2) is 0 Å². The Morgan fingerprint density at radius 2 is 0.672 bits per heavy atom. The summed E-state index contributed by atoms with van der Waals surface area (Å²) in [6, 6.07) is -0.642. The predicted molar refractivity (Wildman–Crippen MR) is 299 cm³/mol. The molecule has 2 atom stereocenters. The van der Waals surface area contributed by atoms with E-state index in [-0.39, 0.29) is 12.5 Å². The van der Waals surface area contributed by atoms with E-state index in [4.69, 9.17) is 0 Å². The zero-order valence-electron chi connectivity index (χ0n) is 44.1. The van der Waals surface area contributed by atoms with Gasteiger partial charge in [-0.3, -0.25) is 4.79 Å². The summed E-state index contributed by atoms with van der Waals surface area (Å²) in [5.41, 5.74) is 0. The van der Waals surface area contributed by atoms with Gasteiger partial charge in [0.2, 0.25) is 5.91 Å². The normalized spacial score (nSPS) is 13.7. The van der Waals surface area contributed by atoms with Gasteiger partial charge in [-0.05, 0) is 89.9 Å². The highest BCUT2D eigenvalue weighted by Crippen LogP contribution is 2.16. The van der Waals surface area contributed by atoms with Gasteiger partial charge in [0.05, 0.1) is 18.8 Å². The summed E-state index contributed by atoms with van der Waals surface area (Å²) in [7, 11) is 0. The van der Waals surface area contributed by atoms with Crippen molar-refractivity contribution >= 4 is 5.91 Å². The number of allylic oxidation sites excluding steroid dienone is 17. The molecule has 4 heteroatoms. The fourth-order valence-corrected chi connectivity index (χ4v) is 8.18. The Labute approximate surface area is 416 Å². The third-order valence-corrected chi connectivity index (χ3v) is 12.5. The van der Waals surface area contributed by atoms with Crippen molar-refractivity contribution in [1.29, 1.82) is 0 Å². The van der Waals surface area contributed by atoms with Crippen LogP contribution >= 0.6 is 0 Å². The van der Waals surface area contributed by atoms with E-state index < -0.39 is 12.1 Å². The van der Waals surface area contributed by atoms with Crippen LogP contribution in [0.5, 0.6) is 0 Å². The number of rotatable bonds is 51. The van der Waals surface area contributed by atoms with Gasteiger partial charge in [-0.15, -0.1) is 0 Å². The van der Waals surface area contributed by atoms with Crippen LogP contribution in [0.2, 0.25) is 0 Å². The van der Waals surface area contributed by atoms with Crippen LogP contribution < -0.4 is 5.32 Å². The zero-order valence-corrected chi connectivity index (χ0v) is 44.1. The van der Waals surface area contributed by atoms with E-state index in [0.29, 0.717) is 6.42 Å². The van der Waals surface area contributed by atoms with Crippen LogP contribution in [0, 0.1) is 0 Å². The van der Waals surface area contributed by atoms with Gasteiger partial charge in [-0.2, -0.15) is 0 Å². The fourth-order valence-electron chi connectivity index (χ4n) is 8.18. The van der Waals surface area contributed by atoms with E-state index in [9.17, 15) is 15.0 Å². The molecule has 0 bridgehead atoms. The average molecular weight is 929 g/mol. The molecule has 0 aliphatic rings. The molecule has 67 heavy (non-hydrogen) atoms. The number of carbonyl (C=O) groups is 1. The highest BCUT2D eigenvalue weighted by molar-refractivity contribution is 5.76. The van der Waals surface area contributed by atoms with Gasteiger partial charge in [-0.1, -0.05) is 277 Å². The molecular weight excluding hydrogens is 819 g/mol. The van der Waals surface area contributed by atoms with E-state index in [2.05, 4.69) is 116 Å². The Morgan fingerprint density at radius 3 is 1.04 bits per heavy atom. The third kappa shape index (κ3) is 53.9. The lowest BCUT2D eigenvalue weighted by Crippen LogP contribution is -2.45. The molecule has 2 unspecified atom stereocenters. The molecule has 0 rings (SSSR count). The van der Waals surface area contributed by atoms with Gasteiger partial charge in [0.25, 0.3) is 0 Å². The number of amides is 1. The van der Waals surface area contributed by atoms with Gasteiger partial charge in [0.1, 0.15) is 0 Å². The summed E-state index contributed by atoms with van der Waals surface area (Å²) >= 11 is 0. The number of nitrogens with one attached hydrogen (secondary N) is 1. The smallest absolute Gasteiger partial charge is 0.220 e. The Balaban J connectivity index is 3.50. The summed E-state index contributed by atoms with van der Waals surface area (Å²) in [5.74, 6) is -0.0748. The number of hydrogen-bond acceptors (Lipinski definition) is 3. The van der Waals surface area contributed by atoms with Crippen molar-refractivity contribution in [2.75, 3.05) is 6.61 Å². The van der Waals surface area contributed by atoms with Crippen LogP contribution in [0.4, 0.5) is 0 Å². The molecule has 0 aromatic carbocycles. The number of carbonyl (C=O) groups excluding carboxylic acids is 1. The maximum Gasteiger partial charge on any atom is 0.220 e. The predicted octanol–water partition coefficient (Wildman–Crippen LogP) is 19.1. The highest BCUT2D eigenvalue weighted by atomic mass is 16.3. The second kappa shape index (κ2) is 57.4. The van der Waals surface area contributed by atoms with Crippen LogP contribution in [-0.4, -0.2) is 34.9 Å². The van der Waals surface area contributed by atoms with Crippen molar-refractivity contribution in [2.24, 2.45) is 0 Å². The molecule has 0 aliphatic heterocycles. The average Bonchev–Trinajstić information content (AvgIpc) is 3.33. The van der Waals surface area contributed by atoms with E-state index >= 15 is 0 Å². The number of hydrogen-bond donors (Lipinski definition) is 3. The van der Waals surface area contributed by atoms with Crippen molar-refractivity contribution in [3.05, 3.63) is 109 Å². The Bertz CT molecular complexity index is 1280. The van der Waals surface area contributed by atoms with Crippen LogP contribution in [0.15, 0.2) is 109 Å². The second-order valence-corrected chi connectivity index (χ2v) is 19.0. The molecule has 1 amide bonds. The highest BCUT2D eigenvalue weighted by Gasteiger charge is 2.18. The molecule has 4 nitrogen and oxygen atoms in total. The van der Waals surface area contributed by atoms with Crippen LogP contribution in [0.3, 0.4) is 0 Å². The zero-order chi connectivity index (χ0) is 48.5. The fraction of sp³-hybridized carbons (Fsp3) is 0.698. The molecule has 3 N–H and O–H groups in total. The van der Waals surface area contributed by atoms with Crippen molar-refractivity contribution in [3.8, 4) is 0 Å². The first kappa shape index (κ1) is 64.0.